The van der Waals surface area contributed by atoms with E-state index in [2.05, 4.69) is 21.3 Å². The molecule has 0 radical (unpaired) electrons. The summed E-state index contributed by atoms with van der Waals surface area (Å²) >= 11 is 0. The topological polar surface area (TPSA) is 94.6 Å². The van der Waals surface area contributed by atoms with Gasteiger partial charge in [0.2, 0.25) is 11.9 Å². The summed E-state index contributed by atoms with van der Waals surface area (Å²) in [5.74, 6) is 1.21. The number of hydrogen-bond acceptors (Lipinski definition) is 7. The zero-order valence-electron chi connectivity index (χ0n) is 20.7. The molecule has 9 nitrogen and oxygen atoms in total. The molecule has 2 aliphatic heterocycles. The van der Waals surface area contributed by atoms with Gasteiger partial charge in [-0.1, -0.05) is 18.2 Å². The van der Waals surface area contributed by atoms with Crippen LogP contribution in [0.1, 0.15) is 49.3 Å². The number of amides is 2. The Bertz CT molecular complexity index is 1290. The number of nitrogens with zero attached hydrogens (tertiary/aromatic N) is 6. The SMILES string of the molecule is CC(=O)N1CCN(c2nc(NCc3cnc4ccccc4c3)c3c(n2)C(=O)N(C(C)C)C3)CC1C. The van der Waals surface area contributed by atoms with Crippen molar-refractivity contribution in [3.8, 4) is 0 Å². The minimum Gasteiger partial charge on any atom is -0.365 e. The highest BCUT2D eigenvalue weighted by Gasteiger charge is 2.35. The number of anilines is 2. The van der Waals surface area contributed by atoms with Gasteiger partial charge in [0.05, 0.1) is 12.1 Å². The molecule has 2 aromatic heterocycles. The number of carbonyl (C=O) groups is 2. The van der Waals surface area contributed by atoms with Crippen LogP contribution in [0.3, 0.4) is 0 Å². The number of nitrogens with one attached hydrogen (secondary N) is 1. The van der Waals surface area contributed by atoms with Gasteiger partial charge in [-0.05, 0) is 38.5 Å². The first-order valence-corrected chi connectivity index (χ1v) is 12.1. The Hall–Kier alpha value is -3.75. The van der Waals surface area contributed by atoms with E-state index in [0.717, 1.165) is 22.0 Å². The normalized spacial score (nSPS) is 17.9. The lowest BCUT2D eigenvalue weighted by molar-refractivity contribution is -0.131. The minimum atomic E-state index is -0.0653. The largest absolute Gasteiger partial charge is 0.365 e. The predicted molar refractivity (Wildman–Crippen MR) is 135 cm³/mol. The van der Waals surface area contributed by atoms with Gasteiger partial charge < -0.3 is 20.0 Å². The average molecular weight is 474 g/mol. The van der Waals surface area contributed by atoms with Crippen molar-refractivity contribution in [2.75, 3.05) is 29.9 Å². The summed E-state index contributed by atoms with van der Waals surface area (Å²) in [6.45, 7) is 10.5. The van der Waals surface area contributed by atoms with Crippen molar-refractivity contribution < 1.29 is 9.59 Å². The molecule has 9 heteroatoms. The molecule has 1 saturated heterocycles. The van der Waals surface area contributed by atoms with Gasteiger partial charge in [-0.3, -0.25) is 14.6 Å². The van der Waals surface area contributed by atoms with Crippen molar-refractivity contribution in [1.82, 2.24) is 24.8 Å². The average Bonchev–Trinajstić information content (AvgIpc) is 3.19. The van der Waals surface area contributed by atoms with Crippen molar-refractivity contribution in [1.29, 1.82) is 0 Å². The van der Waals surface area contributed by atoms with Gasteiger partial charge in [-0.25, -0.2) is 4.98 Å². The first-order valence-electron chi connectivity index (χ1n) is 12.1. The molecule has 3 aromatic rings. The third kappa shape index (κ3) is 4.38. The van der Waals surface area contributed by atoms with Crippen LogP contribution in [0.15, 0.2) is 36.5 Å². The third-order valence-corrected chi connectivity index (χ3v) is 6.83. The summed E-state index contributed by atoms with van der Waals surface area (Å²) in [5.41, 5.74) is 3.28. The van der Waals surface area contributed by atoms with Gasteiger partial charge in [0.15, 0.2) is 0 Å². The zero-order chi connectivity index (χ0) is 24.7. The van der Waals surface area contributed by atoms with Gasteiger partial charge in [-0.15, -0.1) is 0 Å². The molecule has 2 aliphatic rings. The number of carbonyl (C=O) groups excluding carboxylic acids is 2. The van der Waals surface area contributed by atoms with Crippen LogP contribution in [-0.2, 0) is 17.9 Å². The fraction of sp³-hybridized carbons (Fsp3) is 0.423. The second kappa shape index (κ2) is 9.13. The third-order valence-electron chi connectivity index (χ3n) is 6.83. The smallest absolute Gasteiger partial charge is 0.273 e. The van der Waals surface area contributed by atoms with Crippen LogP contribution >= 0.6 is 0 Å². The Morgan fingerprint density at radius 3 is 2.74 bits per heavy atom. The first kappa shape index (κ1) is 23.0. The van der Waals surface area contributed by atoms with Crippen LogP contribution in [0, 0.1) is 0 Å². The minimum absolute atomic E-state index is 0.0426. The summed E-state index contributed by atoms with van der Waals surface area (Å²) in [5, 5.41) is 4.54. The highest BCUT2D eigenvalue weighted by atomic mass is 16.2. The summed E-state index contributed by atoms with van der Waals surface area (Å²) in [6.07, 6.45) is 1.87. The van der Waals surface area contributed by atoms with Crippen LogP contribution in [0.5, 0.6) is 0 Å². The summed E-state index contributed by atoms with van der Waals surface area (Å²) in [7, 11) is 0. The van der Waals surface area contributed by atoms with Crippen molar-refractivity contribution >= 4 is 34.5 Å². The maximum Gasteiger partial charge on any atom is 0.273 e. The van der Waals surface area contributed by atoms with Gasteiger partial charge >= 0.3 is 0 Å². The molecule has 1 fully saturated rings. The number of para-hydroxylation sites is 1. The molecule has 0 bridgehead atoms. The Balaban J connectivity index is 1.45. The van der Waals surface area contributed by atoms with Crippen LogP contribution in [-0.4, -0.2) is 68.3 Å². The molecule has 0 saturated carbocycles. The lowest BCUT2D eigenvalue weighted by Gasteiger charge is -2.39. The van der Waals surface area contributed by atoms with E-state index < -0.39 is 0 Å². The first-order chi connectivity index (χ1) is 16.8. The van der Waals surface area contributed by atoms with Crippen molar-refractivity contribution in [2.24, 2.45) is 0 Å². The molecule has 1 N–H and O–H groups in total. The number of benzene rings is 1. The van der Waals surface area contributed by atoms with E-state index >= 15 is 0 Å². The predicted octanol–water partition coefficient (Wildman–Crippen LogP) is 3.06. The van der Waals surface area contributed by atoms with E-state index in [1.807, 2.05) is 61.0 Å². The molecule has 2 amide bonds. The quantitative estimate of drug-likeness (QED) is 0.609. The molecule has 35 heavy (non-hydrogen) atoms. The molecular weight excluding hydrogens is 442 g/mol. The van der Waals surface area contributed by atoms with E-state index in [4.69, 9.17) is 9.97 Å². The molecule has 1 aromatic carbocycles. The number of fused-ring (bicyclic) bond motifs is 2. The molecule has 182 valence electrons. The van der Waals surface area contributed by atoms with Gasteiger partial charge in [0.1, 0.15) is 11.5 Å². The lowest BCUT2D eigenvalue weighted by atomic mass is 10.1. The highest BCUT2D eigenvalue weighted by Crippen LogP contribution is 2.31. The second-order valence-corrected chi connectivity index (χ2v) is 9.62. The Morgan fingerprint density at radius 1 is 1.20 bits per heavy atom. The number of hydrogen-bond donors (Lipinski definition) is 1. The van der Waals surface area contributed by atoms with Crippen LogP contribution < -0.4 is 10.2 Å². The Kier molecular flexibility index (Phi) is 6.00. The molecule has 0 spiro atoms. The fourth-order valence-electron chi connectivity index (χ4n) is 4.89. The number of aromatic nitrogens is 3. The zero-order valence-corrected chi connectivity index (χ0v) is 20.7. The summed E-state index contributed by atoms with van der Waals surface area (Å²) in [4.78, 5) is 45.0. The monoisotopic (exact) mass is 473 g/mol. The van der Waals surface area contributed by atoms with Crippen molar-refractivity contribution in [3.63, 3.8) is 0 Å². The number of piperazine rings is 1. The van der Waals surface area contributed by atoms with Crippen molar-refractivity contribution in [2.45, 2.75) is 52.9 Å². The molecule has 5 rings (SSSR count). The molecule has 0 aliphatic carbocycles. The van der Waals surface area contributed by atoms with Crippen LogP contribution in [0.2, 0.25) is 0 Å². The molecule has 1 unspecified atom stereocenters. The van der Waals surface area contributed by atoms with Crippen LogP contribution in [0.25, 0.3) is 10.9 Å². The van der Waals surface area contributed by atoms with E-state index in [0.29, 0.717) is 50.2 Å². The van der Waals surface area contributed by atoms with Gasteiger partial charge in [0, 0.05) is 62.3 Å². The second-order valence-electron chi connectivity index (χ2n) is 9.62. The van der Waals surface area contributed by atoms with Gasteiger partial charge in [0.25, 0.3) is 5.91 Å². The fourth-order valence-corrected chi connectivity index (χ4v) is 4.89. The van der Waals surface area contributed by atoms with E-state index in [-0.39, 0.29) is 23.9 Å². The van der Waals surface area contributed by atoms with E-state index in [1.165, 1.54) is 0 Å². The standard InChI is InChI=1S/C26H31N7O2/c1-16(2)33-15-21-23(25(33)35)29-26(31-9-10-32(18(4)34)17(3)14-31)30-24(21)28-13-19-11-20-7-5-6-8-22(20)27-12-19/h5-8,11-12,16-17H,9-10,13-15H2,1-4H3,(H,28,29,30). The Labute approximate surface area is 205 Å². The molecule has 1 atom stereocenters. The molecule has 4 heterocycles. The lowest BCUT2D eigenvalue weighted by Crippen LogP contribution is -2.54. The highest BCUT2D eigenvalue weighted by molar-refractivity contribution is 5.98. The summed E-state index contributed by atoms with van der Waals surface area (Å²) in [6, 6.07) is 10.3. The van der Waals surface area contributed by atoms with E-state index in [1.54, 1.807) is 6.92 Å². The van der Waals surface area contributed by atoms with E-state index in [9.17, 15) is 9.59 Å². The summed E-state index contributed by atoms with van der Waals surface area (Å²) < 4.78 is 0. The Morgan fingerprint density at radius 2 is 2.00 bits per heavy atom. The van der Waals surface area contributed by atoms with Gasteiger partial charge in [-0.2, -0.15) is 4.98 Å². The maximum absolute atomic E-state index is 13.2. The van der Waals surface area contributed by atoms with Crippen LogP contribution in [0.4, 0.5) is 11.8 Å². The number of rotatable bonds is 5. The maximum atomic E-state index is 13.2. The van der Waals surface area contributed by atoms with Crippen molar-refractivity contribution in [3.05, 3.63) is 53.3 Å². The number of pyridine rings is 1. The molecular formula is C26H31N7O2.